The summed E-state index contributed by atoms with van der Waals surface area (Å²) in [7, 11) is 0. The van der Waals surface area contributed by atoms with Crippen LogP contribution in [-0.2, 0) is 11.2 Å². The largest absolute Gasteiger partial charge is 0.456 e. The topological polar surface area (TPSA) is 79.8 Å². The molecule has 0 aromatic carbocycles. The molecule has 144 valence electrons. The van der Waals surface area contributed by atoms with Crippen molar-refractivity contribution in [3.63, 3.8) is 0 Å². The third-order valence-corrected chi connectivity index (χ3v) is 5.98. The van der Waals surface area contributed by atoms with Crippen molar-refractivity contribution in [3.05, 3.63) is 23.7 Å². The number of likely N-dealkylation sites (tertiary alicyclic amines) is 2. The van der Waals surface area contributed by atoms with E-state index in [1.165, 1.54) is 0 Å². The van der Waals surface area contributed by atoms with E-state index in [-0.39, 0.29) is 29.2 Å². The van der Waals surface area contributed by atoms with Crippen molar-refractivity contribution in [2.75, 3.05) is 26.2 Å². The molecule has 2 aliphatic rings. The summed E-state index contributed by atoms with van der Waals surface area (Å²) in [6, 6.07) is 3.75. The molecular weight excluding hydrogens is 330 g/mol. The molecule has 0 saturated carbocycles. The minimum Gasteiger partial charge on any atom is -0.456 e. The highest BCUT2D eigenvalue weighted by Gasteiger charge is 2.38. The molecule has 1 aromatic rings. The molecule has 2 aliphatic heterocycles. The van der Waals surface area contributed by atoms with Crippen LogP contribution in [0.1, 0.15) is 56.3 Å². The fraction of sp³-hybridized carbons (Fsp3) is 0.700. The Kier molecular flexibility index (Phi) is 5.42. The molecule has 6 nitrogen and oxygen atoms in total. The fourth-order valence-electron chi connectivity index (χ4n) is 3.99. The molecule has 0 spiro atoms. The zero-order chi connectivity index (χ0) is 18.9. The number of nitrogens with zero attached hydrogens (tertiary/aromatic N) is 2. The Balaban J connectivity index is 1.55. The third-order valence-electron chi connectivity index (χ3n) is 5.98. The van der Waals surface area contributed by atoms with Gasteiger partial charge in [-0.25, -0.2) is 0 Å². The zero-order valence-corrected chi connectivity index (χ0v) is 16.2. The van der Waals surface area contributed by atoms with Gasteiger partial charge in [0, 0.05) is 44.6 Å². The van der Waals surface area contributed by atoms with Crippen LogP contribution in [0.5, 0.6) is 0 Å². The average Bonchev–Trinajstić information content (AvgIpc) is 3.12. The molecule has 26 heavy (non-hydrogen) atoms. The Morgan fingerprint density at radius 3 is 2.38 bits per heavy atom. The second-order valence-corrected chi connectivity index (χ2v) is 8.33. The zero-order valence-electron chi connectivity index (χ0n) is 16.2. The van der Waals surface area contributed by atoms with E-state index in [0.717, 1.165) is 44.5 Å². The van der Waals surface area contributed by atoms with Crippen LogP contribution in [0.15, 0.2) is 16.5 Å². The summed E-state index contributed by atoms with van der Waals surface area (Å²) < 4.78 is 5.57. The van der Waals surface area contributed by atoms with E-state index in [1.54, 1.807) is 11.0 Å². The van der Waals surface area contributed by atoms with Crippen LogP contribution in [0.3, 0.4) is 0 Å². The number of hydrogen-bond acceptors (Lipinski definition) is 4. The predicted molar refractivity (Wildman–Crippen MR) is 99.7 cm³/mol. The number of rotatable bonds is 3. The molecule has 1 atom stereocenters. The van der Waals surface area contributed by atoms with Crippen LogP contribution >= 0.6 is 0 Å². The number of nitrogens with two attached hydrogens (primary N) is 1. The van der Waals surface area contributed by atoms with Gasteiger partial charge in [0.15, 0.2) is 5.76 Å². The van der Waals surface area contributed by atoms with Crippen molar-refractivity contribution in [1.82, 2.24) is 9.80 Å². The summed E-state index contributed by atoms with van der Waals surface area (Å²) in [5.74, 6) is 1.39. The molecule has 6 heteroatoms. The van der Waals surface area contributed by atoms with Gasteiger partial charge in [0.2, 0.25) is 5.91 Å². The molecule has 2 saturated heterocycles. The minimum absolute atomic E-state index is 0.00646. The van der Waals surface area contributed by atoms with Crippen molar-refractivity contribution >= 4 is 11.8 Å². The number of carbonyl (C=O) groups excluding carboxylic acids is 2. The van der Waals surface area contributed by atoms with Gasteiger partial charge in [0.25, 0.3) is 5.91 Å². The van der Waals surface area contributed by atoms with Crippen LogP contribution in [0.25, 0.3) is 0 Å². The second-order valence-electron chi connectivity index (χ2n) is 8.33. The van der Waals surface area contributed by atoms with E-state index in [2.05, 4.69) is 13.8 Å². The number of piperidine rings is 2. The standard InChI is InChI=1S/C20H31N3O3/c1-4-15-5-6-16(26-15)19(25)22-10-7-14(8-11-22)18(24)23-12-9-17(21)20(2,3)13-23/h5-6,14,17H,4,7-13,21H2,1-3H3. The first kappa shape index (κ1) is 19.0. The van der Waals surface area contributed by atoms with Crippen molar-refractivity contribution in [1.29, 1.82) is 0 Å². The van der Waals surface area contributed by atoms with Crippen LogP contribution in [-0.4, -0.2) is 53.8 Å². The SMILES string of the molecule is CCc1ccc(C(=O)N2CCC(C(=O)N3CCC(N)C(C)(C)C3)CC2)o1. The second kappa shape index (κ2) is 7.43. The van der Waals surface area contributed by atoms with Gasteiger partial charge in [-0.2, -0.15) is 0 Å². The van der Waals surface area contributed by atoms with Gasteiger partial charge >= 0.3 is 0 Å². The average molecular weight is 361 g/mol. The first-order valence-electron chi connectivity index (χ1n) is 9.74. The number of furan rings is 1. The van der Waals surface area contributed by atoms with Crippen molar-refractivity contribution in [3.8, 4) is 0 Å². The summed E-state index contributed by atoms with van der Waals surface area (Å²) in [6.07, 6.45) is 3.07. The lowest BCUT2D eigenvalue weighted by atomic mass is 9.79. The smallest absolute Gasteiger partial charge is 0.289 e. The summed E-state index contributed by atoms with van der Waals surface area (Å²) >= 11 is 0. The quantitative estimate of drug-likeness (QED) is 0.896. The Hall–Kier alpha value is -1.82. The van der Waals surface area contributed by atoms with Gasteiger partial charge in [-0.15, -0.1) is 0 Å². The van der Waals surface area contributed by atoms with Gasteiger partial charge in [0.1, 0.15) is 5.76 Å². The highest BCUT2D eigenvalue weighted by molar-refractivity contribution is 5.91. The molecule has 2 N–H and O–H groups in total. The molecular formula is C20H31N3O3. The van der Waals surface area contributed by atoms with Crippen LogP contribution in [0, 0.1) is 11.3 Å². The summed E-state index contributed by atoms with van der Waals surface area (Å²) in [5.41, 5.74) is 6.14. The van der Waals surface area contributed by atoms with Gasteiger partial charge in [-0.3, -0.25) is 9.59 Å². The van der Waals surface area contributed by atoms with E-state index < -0.39 is 0 Å². The Morgan fingerprint density at radius 1 is 1.15 bits per heavy atom. The van der Waals surface area contributed by atoms with Gasteiger partial charge in [0.05, 0.1) is 0 Å². The van der Waals surface area contributed by atoms with Crippen molar-refractivity contribution < 1.29 is 14.0 Å². The fourth-order valence-corrected chi connectivity index (χ4v) is 3.99. The lowest BCUT2D eigenvalue weighted by Gasteiger charge is -2.44. The first-order chi connectivity index (χ1) is 12.3. The Morgan fingerprint density at radius 2 is 1.81 bits per heavy atom. The number of aryl methyl sites for hydroxylation is 1. The normalized spacial score (nSPS) is 23.9. The molecule has 0 aliphatic carbocycles. The van der Waals surface area contributed by atoms with Gasteiger partial charge < -0.3 is 20.0 Å². The molecule has 1 unspecified atom stereocenters. The molecule has 3 heterocycles. The monoisotopic (exact) mass is 361 g/mol. The first-order valence-corrected chi connectivity index (χ1v) is 9.74. The van der Waals surface area contributed by atoms with E-state index in [4.69, 9.17) is 10.2 Å². The number of carbonyl (C=O) groups is 2. The van der Waals surface area contributed by atoms with E-state index >= 15 is 0 Å². The molecule has 2 amide bonds. The highest BCUT2D eigenvalue weighted by Crippen LogP contribution is 2.30. The van der Waals surface area contributed by atoms with Crippen LogP contribution in [0.4, 0.5) is 0 Å². The van der Waals surface area contributed by atoms with E-state index in [1.807, 2.05) is 17.9 Å². The summed E-state index contributed by atoms with van der Waals surface area (Å²) in [5, 5.41) is 0. The molecule has 1 aromatic heterocycles. The minimum atomic E-state index is -0.0688. The maximum absolute atomic E-state index is 12.9. The molecule has 2 fully saturated rings. The van der Waals surface area contributed by atoms with Crippen molar-refractivity contribution in [2.45, 2.75) is 52.5 Å². The lowest BCUT2D eigenvalue weighted by molar-refractivity contribution is -0.140. The Bertz CT molecular complexity index is 659. The Labute approximate surface area is 155 Å². The van der Waals surface area contributed by atoms with Gasteiger partial charge in [-0.1, -0.05) is 20.8 Å². The van der Waals surface area contributed by atoms with Crippen molar-refractivity contribution in [2.24, 2.45) is 17.1 Å². The third kappa shape index (κ3) is 3.80. The summed E-state index contributed by atoms with van der Waals surface area (Å²) in [4.78, 5) is 29.2. The maximum Gasteiger partial charge on any atom is 0.289 e. The van der Waals surface area contributed by atoms with Gasteiger partial charge in [-0.05, 0) is 36.8 Å². The predicted octanol–water partition coefficient (Wildman–Crippen LogP) is 2.28. The number of hydrogen-bond donors (Lipinski definition) is 1. The van der Waals surface area contributed by atoms with E-state index in [9.17, 15) is 9.59 Å². The lowest BCUT2D eigenvalue weighted by Crippen LogP contribution is -2.55. The van der Waals surface area contributed by atoms with E-state index in [0.29, 0.717) is 18.8 Å². The molecule has 0 bridgehead atoms. The van der Waals surface area contributed by atoms with Crippen LogP contribution < -0.4 is 5.73 Å². The molecule has 0 radical (unpaired) electrons. The summed E-state index contributed by atoms with van der Waals surface area (Å²) in [6.45, 7) is 8.94. The molecule has 3 rings (SSSR count). The van der Waals surface area contributed by atoms with Crippen LogP contribution in [0.2, 0.25) is 0 Å². The highest BCUT2D eigenvalue weighted by atomic mass is 16.4. The number of amides is 2. The maximum atomic E-state index is 12.9.